The van der Waals surface area contributed by atoms with Crippen LogP contribution in [0.25, 0.3) is 0 Å². The van der Waals surface area contributed by atoms with E-state index >= 15 is 0 Å². The van der Waals surface area contributed by atoms with Crippen molar-refractivity contribution in [3.05, 3.63) is 101 Å². The minimum absolute atomic E-state index is 0.174. The van der Waals surface area contributed by atoms with Gasteiger partial charge in [-0.3, -0.25) is 14.6 Å². The van der Waals surface area contributed by atoms with E-state index in [4.69, 9.17) is 5.26 Å². The second kappa shape index (κ2) is 10.0. The minimum Gasteiger partial charge on any atom is -0.322 e. The van der Waals surface area contributed by atoms with Gasteiger partial charge in [0.05, 0.1) is 11.6 Å². The molecule has 0 bridgehead atoms. The van der Waals surface area contributed by atoms with Gasteiger partial charge in [0, 0.05) is 50.5 Å². The number of piperazine rings is 1. The summed E-state index contributed by atoms with van der Waals surface area (Å²) in [7, 11) is 0. The molecule has 3 aromatic carbocycles. The quantitative estimate of drug-likeness (QED) is 0.664. The first kappa shape index (κ1) is 20.8. The van der Waals surface area contributed by atoms with Crippen LogP contribution in [0.1, 0.15) is 27.0 Å². The summed E-state index contributed by atoms with van der Waals surface area (Å²) in [5, 5.41) is 11.8. The molecule has 0 saturated carbocycles. The minimum atomic E-state index is -0.174. The lowest BCUT2D eigenvalue weighted by Crippen LogP contribution is -2.45. The molecule has 0 aliphatic carbocycles. The summed E-state index contributed by atoms with van der Waals surface area (Å²) in [5.41, 5.74) is 4.46. The van der Waals surface area contributed by atoms with E-state index < -0.39 is 0 Å². The van der Waals surface area contributed by atoms with Crippen molar-refractivity contribution in [2.45, 2.75) is 13.1 Å². The highest BCUT2D eigenvalue weighted by molar-refractivity contribution is 6.04. The molecule has 3 aromatic rings. The molecular formula is C26H26N4O. The van der Waals surface area contributed by atoms with Crippen molar-refractivity contribution in [3.63, 3.8) is 0 Å². The fourth-order valence-electron chi connectivity index (χ4n) is 3.80. The van der Waals surface area contributed by atoms with E-state index in [0.717, 1.165) is 45.0 Å². The Kier molecular flexibility index (Phi) is 6.73. The van der Waals surface area contributed by atoms with E-state index in [0.29, 0.717) is 11.1 Å². The molecule has 0 spiro atoms. The Morgan fingerprint density at radius 3 is 1.87 bits per heavy atom. The van der Waals surface area contributed by atoms with E-state index in [2.05, 4.69) is 63.7 Å². The number of carbonyl (C=O) groups is 1. The first-order valence-corrected chi connectivity index (χ1v) is 10.6. The van der Waals surface area contributed by atoms with Gasteiger partial charge in [-0.05, 0) is 47.5 Å². The lowest BCUT2D eigenvalue weighted by Gasteiger charge is -2.34. The number of nitrogens with one attached hydrogen (secondary N) is 1. The fourth-order valence-corrected chi connectivity index (χ4v) is 3.80. The summed E-state index contributed by atoms with van der Waals surface area (Å²) in [5.74, 6) is -0.174. The summed E-state index contributed by atoms with van der Waals surface area (Å²) < 4.78 is 0. The third kappa shape index (κ3) is 5.79. The van der Waals surface area contributed by atoms with Crippen molar-refractivity contribution in [3.8, 4) is 6.07 Å². The van der Waals surface area contributed by atoms with Crippen molar-refractivity contribution in [2.24, 2.45) is 0 Å². The topological polar surface area (TPSA) is 59.4 Å². The second-order valence-electron chi connectivity index (χ2n) is 7.88. The number of nitrogens with zero attached hydrogens (tertiary/aromatic N) is 3. The molecule has 4 rings (SSSR count). The molecule has 5 heteroatoms. The van der Waals surface area contributed by atoms with Gasteiger partial charge in [-0.2, -0.15) is 5.26 Å². The fraction of sp³-hybridized carbons (Fsp3) is 0.231. The maximum absolute atomic E-state index is 12.4. The predicted molar refractivity (Wildman–Crippen MR) is 123 cm³/mol. The Labute approximate surface area is 183 Å². The zero-order chi connectivity index (χ0) is 21.5. The van der Waals surface area contributed by atoms with Gasteiger partial charge in [0.1, 0.15) is 0 Å². The van der Waals surface area contributed by atoms with Crippen LogP contribution in [-0.2, 0) is 13.1 Å². The van der Waals surface area contributed by atoms with Crippen LogP contribution in [0.4, 0.5) is 5.69 Å². The van der Waals surface area contributed by atoms with E-state index in [1.54, 1.807) is 24.3 Å². The summed E-state index contributed by atoms with van der Waals surface area (Å²) in [6.07, 6.45) is 0. The van der Waals surface area contributed by atoms with Gasteiger partial charge >= 0.3 is 0 Å². The first-order valence-electron chi connectivity index (χ1n) is 10.6. The van der Waals surface area contributed by atoms with Crippen LogP contribution in [0.2, 0.25) is 0 Å². The Morgan fingerprint density at radius 2 is 1.32 bits per heavy atom. The van der Waals surface area contributed by atoms with Crippen LogP contribution in [-0.4, -0.2) is 41.9 Å². The third-order valence-corrected chi connectivity index (χ3v) is 5.61. The second-order valence-corrected chi connectivity index (χ2v) is 7.88. The first-order chi connectivity index (χ1) is 15.2. The number of hydrogen-bond donors (Lipinski definition) is 1. The van der Waals surface area contributed by atoms with Crippen molar-refractivity contribution in [2.75, 3.05) is 31.5 Å². The molecule has 1 heterocycles. The molecule has 5 nitrogen and oxygen atoms in total. The highest BCUT2D eigenvalue weighted by Crippen LogP contribution is 2.15. The summed E-state index contributed by atoms with van der Waals surface area (Å²) in [4.78, 5) is 17.4. The number of nitriles is 1. The van der Waals surface area contributed by atoms with Gasteiger partial charge in [-0.1, -0.05) is 42.5 Å². The molecule has 0 radical (unpaired) electrons. The number of hydrogen-bond acceptors (Lipinski definition) is 4. The molecule has 156 valence electrons. The van der Waals surface area contributed by atoms with Crippen LogP contribution in [0.5, 0.6) is 0 Å². The summed E-state index contributed by atoms with van der Waals surface area (Å²) in [6, 6.07) is 27.4. The SMILES string of the molecule is N#Cc1ccc(C(=O)Nc2ccc(CN3CCN(Cc4ccccc4)CC3)cc2)cc1. The standard InChI is InChI=1S/C26H26N4O/c27-18-21-6-10-24(11-7-21)26(31)28-25-12-8-23(9-13-25)20-30-16-14-29(15-17-30)19-22-4-2-1-3-5-22/h1-13H,14-17,19-20H2,(H,28,31). The molecule has 1 aliphatic heterocycles. The lowest BCUT2D eigenvalue weighted by atomic mass is 10.1. The maximum Gasteiger partial charge on any atom is 0.255 e. The van der Waals surface area contributed by atoms with Gasteiger partial charge in [-0.15, -0.1) is 0 Å². The Balaban J connectivity index is 1.25. The van der Waals surface area contributed by atoms with Crippen molar-refractivity contribution in [1.29, 1.82) is 5.26 Å². The van der Waals surface area contributed by atoms with E-state index in [9.17, 15) is 4.79 Å². The highest BCUT2D eigenvalue weighted by Gasteiger charge is 2.17. The zero-order valence-corrected chi connectivity index (χ0v) is 17.5. The molecule has 31 heavy (non-hydrogen) atoms. The molecular weight excluding hydrogens is 384 g/mol. The monoisotopic (exact) mass is 410 g/mol. The molecule has 1 N–H and O–H groups in total. The van der Waals surface area contributed by atoms with E-state index in [1.807, 2.05) is 12.1 Å². The third-order valence-electron chi connectivity index (χ3n) is 5.61. The molecule has 1 fully saturated rings. The van der Waals surface area contributed by atoms with Gasteiger partial charge in [0.2, 0.25) is 0 Å². The van der Waals surface area contributed by atoms with Crippen molar-refractivity contribution in [1.82, 2.24) is 9.80 Å². The number of carbonyl (C=O) groups excluding carboxylic acids is 1. The Bertz CT molecular complexity index is 1030. The number of anilines is 1. The van der Waals surface area contributed by atoms with Crippen LogP contribution >= 0.6 is 0 Å². The summed E-state index contributed by atoms with van der Waals surface area (Å²) >= 11 is 0. The molecule has 0 aromatic heterocycles. The Hall–Kier alpha value is -3.46. The predicted octanol–water partition coefficient (Wildman–Crippen LogP) is 4.13. The van der Waals surface area contributed by atoms with Gasteiger partial charge in [-0.25, -0.2) is 0 Å². The van der Waals surface area contributed by atoms with Crippen LogP contribution in [0, 0.1) is 11.3 Å². The molecule has 1 aliphatic rings. The zero-order valence-electron chi connectivity index (χ0n) is 17.5. The molecule has 1 amide bonds. The van der Waals surface area contributed by atoms with Gasteiger partial charge < -0.3 is 5.32 Å². The normalized spacial score (nSPS) is 14.7. The molecule has 0 atom stereocenters. The van der Waals surface area contributed by atoms with Crippen molar-refractivity contribution >= 4 is 11.6 Å². The average Bonchev–Trinajstić information content (AvgIpc) is 2.82. The van der Waals surface area contributed by atoms with Crippen LogP contribution in [0.15, 0.2) is 78.9 Å². The van der Waals surface area contributed by atoms with Gasteiger partial charge in [0.15, 0.2) is 0 Å². The number of amides is 1. The summed E-state index contributed by atoms with van der Waals surface area (Å²) in [6.45, 7) is 6.21. The Morgan fingerprint density at radius 1 is 0.774 bits per heavy atom. The van der Waals surface area contributed by atoms with Gasteiger partial charge in [0.25, 0.3) is 5.91 Å². The van der Waals surface area contributed by atoms with Crippen LogP contribution in [0.3, 0.4) is 0 Å². The highest BCUT2D eigenvalue weighted by atomic mass is 16.1. The smallest absolute Gasteiger partial charge is 0.255 e. The molecule has 0 unspecified atom stereocenters. The van der Waals surface area contributed by atoms with Crippen molar-refractivity contribution < 1.29 is 4.79 Å². The number of benzene rings is 3. The largest absolute Gasteiger partial charge is 0.322 e. The van der Waals surface area contributed by atoms with E-state index in [-0.39, 0.29) is 5.91 Å². The molecule has 1 saturated heterocycles. The van der Waals surface area contributed by atoms with E-state index in [1.165, 1.54) is 11.1 Å². The van der Waals surface area contributed by atoms with Crippen LogP contribution < -0.4 is 5.32 Å². The maximum atomic E-state index is 12.4. The lowest BCUT2D eigenvalue weighted by molar-refractivity contribution is 0.102. The average molecular weight is 411 g/mol. The number of rotatable bonds is 6.